The maximum Gasteiger partial charge on any atom is 0.123 e. The molecule has 0 unspecified atom stereocenters. The molecule has 2 rings (SSSR count). The molecule has 19 heavy (non-hydrogen) atoms. The first-order valence-electron chi connectivity index (χ1n) is 7.46. The number of rotatable bonds is 8. The first-order chi connectivity index (χ1) is 9.22. The van der Waals surface area contributed by atoms with Crippen molar-refractivity contribution >= 4 is 5.69 Å². The number of benzene rings is 1. The molecule has 1 aliphatic carbocycles. The van der Waals surface area contributed by atoms with Gasteiger partial charge >= 0.3 is 0 Å². The van der Waals surface area contributed by atoms with Crippen LogP contribution in [-0.2, 0) is 6.54 Å². The Morgan fingerprint density at radius 3 is 2.74 bits per heavy atom. The van der Waals surface area contributed by atoms with E-state index in [-0.39, 0.29) is 0 Å². The Labute approximate surface area is 116 Å². The zero-order valence-electron chi connectivity index (χ0n) is 12.2. The van der Waals surface area contributed by atoms with Crippen molar-refractivity contribution in [2.75, 3.05) is 25.4 Å². The second kappa shape index (κ2) is 6.80. The molecule has 1 aromatic rings. The van der Waals surface area contributed by atoms with E-state index in [9.17, 15) is 0 Å². The molecule has 0 aromatic heterocycles. The van der Waals surface area contributed by atoms with Crippen LogP contribution in [0, 0.1) is 5.92 Å². The molecule has 0 saturated heterocycles. The summed E-state index contributed by atoms with van der Waals surface area (Å²) >= 11 is 0. The molecule has 106 valence electrons. The van der Waals surface area contributed by atoms with Gasteiger partial charge in [0.25, 0.3) is 0 Å². The third-order valence-corrected chi connectivity index (χ3v) is 3.53. The first-order valence-corrected chi connectivity index (χ1v) is 7.46. The van der Waals surface area contributed by atoms with Crippen LogP contribution in [0.5, 0.6) is 5.75 Å². The van der Waals surface area contributed by atoms with Gasteiger partial charge in [0.15, 0.2) is 0 Å². The predicted octanol–water partition coefficient (Wildman–Crippen LogP) is 3.29. The van der Waals surface area contributed by atoms with Gasteiger partial charge in [0, 0.05) is 24.3 Å². The van der Waals surface area contributed by atoms with E-state index in [1.807, 2.05) is 19.1 Å². The highest BCUT2D eigenvalue weighted by Crippen LogP contribution is 2.31. The lowest BCUT2D eigenvalue weighted by atomic mass is 10.1. The van der Waals surface area contributed by atoms with Crippen LogP contribution in [0.25, 0.3) is 0 Å². The van der Waals surface area contributed by atoms with Gasteiger partial charge in [-0.3, -0.25) is 4.90 Å². The summed E-state index contributed by atoms with van der Waals surface area (Å²) < 4.78 is 5.71. The molecule has 2 N–H and O–H groups in total. The zero-order valence-corrected chi connectivity index (χ0v) is 12.2. The van der Waals surface area contributed by atoms with Crippen molar-refractivity contribution in [2.45, 2.75) is 39.7 Å². The molecular weight excluding hydrogens is 236 g/mol. The Bertz CT molecular complexity index is 402. The molecule has 0 radical (unpaired) electrons. The lowest BCUT2D eigenvalue weighted by Crippen LogP contribution is -2.26. The van der Waals surface area contributed by atoms with Crippen molar-refractivity contribution < 1.29 is 4.74 Å². The lowest BCUT2D eigenvalue weighted by molar-refractivity contribution is 0.248. The molecule has 3 nitrogen and oxygen atoms in total. The van der Waals surface area contributed by atoms with Gasteiger partial charge in [-0.1, -0.05) is 6.92 Å². The van der Waals surface area contributed by atoms with E-state index in [0.717, 1.165) is 30.4 Å². The smallest absolute Gasteiger partial charge is 0.123 e. The molecule has 3 heteroatoms. The molecular formula is C16H26N2O. The average Bonchev–Trinajstić information content (AvgIpc) is 3.17. The minimum atomic E-state index is 0.702. The van der Waals surface area contributed by atoms with E-state index in [1.165, 1.54) is 31.4 Å². The molecule has 1 fully saturated rings. The fourth-order valence-electron chi connectivity index (χ4n) is 2.48. The van der Waals surface area contributed by atoms with Crippen molar-refractivity contribution in [3.8, 4) is 5.75 Å². The highest BCUT2D eigenvalue weighted by Gasteiger charge is 2.24. The van der Waals surface area contributed by atoms with Gasteiger partial charge in [0.05, 0.1) is 6.61 Å². The Morgan fingerprint density at radius 2 is 2.11 bits per heavy atom. The number of hydrogen-bond acceptors (Lipinski definition) is 3. The van der Waals surface area contributed by atoms with Crippen molar-refractivity contribution in [2.24, 2.45) is 5.92 Å². The van der Waals surface area contributed by atoms with Crippen LogP contribution in [-0.4, -0.2) is 24.6 Å². The number of nitrogens with two attached hydrogens (primary N) is 1. The van der Waals surface area contributed by atoms with E-state index >= 15 is 0 Å². The van der Waals surface area contributed by atoms with Gasteiger partial charge in [0.2, 0.25) is 0 Å². The first kappa shape index (κ1) is 14.2. The highest BCUT2D eigenvalue weighted by atomic mass is 16.5. The van der Waals surface area contributed by atoms with Gasteiger partial charge in [-0.05, 0) is 56.8 Å². The van der Waals surface area contributed by atoms with Crippen LogP contribution in [0.1, 0.15) is 38.7 Å². The topological polar surface area (TPSA) is 38.5 Å². The molecule has 1 aromatic carbocycles. The third kappa shape index (κ3) is 4.43. The molecule has 0 heterocycles. The molecule has 0 aliphatic heterocycles. The summed E-state index contributed by atoms with van der Waals surface area (Å²) in [5, 5.41) is 0. The Morgan fingerprint density at radius 1 is 1.32 bits per heavy atom. The molecule has 0 amide bonds. The second-order valence-corrected chi connectivity index (χ2v) is 5.48. The number of nitrogens with zero attached hydrogens (tertiary/aromatic N) is 1. The van der Waals surface area contributed by atoms with Crippen LogP contribution in [0.15, 0.2) is 18.2 Å². The monoisotopic (exact) mass is 262 g/mol. The minimum Gasteiger partial charge on any atom is -0.494 e. The van der Waals surface area contributed by atoms with Crippen LogP contribution < -0.4 is 10.5 Å². The SMILES string of the molecule is CCCN(Cc1cc(N)ccc1OCC)CC1CC1. The summed E-state index contributed by atoms with van der Waals surface area (Å²) in [6.45, 7) is 8.28. The van der Waals surface area contributed by atoms with Crippen LogP contribution in [0.4, 0.5) is 5.69 Å². The molecule has 1 aliphatic rings. The maximum absolute atomic E-state index is 5.91. The second-order valence-electron chi connectivity index (χ2n) is 5.48. The summed E-state index contributed by atoms with van der Waals surface area (Å²) in [5.74, 6) is 1.90. The predicted molar refractivity (Wildman–Crippen MR) is 80.3 cm³/mol. The summed E-state index contributed by atoms with van der Waals surface area (Å²) in [6, 6.07) is 5.97. The standard InChI is InChI=1S/C16H26N2O/c1-3-9-18(11-13-5-6-13)12-14-10-15(17)7-8-16(14)19-4-2/h7-8,10,13H,3-6,9,11-12,17H2,1-2H3. The van der Waals surface area contributed by atoms with Gasteiger partial charge < -0.3 is 10.5 Å². The molecule has 0 bridgehead atoms. The van der Waals surface area contributed by atoms with E-state index in [0.29, 0.717) is 6.61 Å². The van der Waals surface area contributed by atoms with Crippen molar-refractivity contribution in [3.63, 3.8) is 0 Å². The lowest BCUT2D eigenvalue weighted by Gasteiger charge is -2.23. The van der Waals surface area contributed by atoms with E-state index in [1.54, 1.807) is 0 Å². The number of anilines is 1. The number of hydrogen-bond donors (Lipinski definition) is 1. The summed E-state index contributed by atoms with van der Waals surface area (Å²) in [5.41, 5.74) is 7.95. The van der Waals surface area contributed by atoms with Gasteiger partial charge in [0.1, 0.15) is 5.75 Å². The Kier molecular flexibility index (Phi) is 5.08. The van der Waals surface area contributed by atoms with Crippen molar-refractivity contribution in [3.05, 3.63) is 23.8 Å². The summed E-state index contributed by atoms with van der Waals surface area (Å²) in [4.78, 5) is 2.54. The average molecular weight is 262 g/mol. The van der Waals surface area contributed by atoms with E-state index in [2.05, 4.69) is 17.9 Å². The number of nitrogen functional groups attached to an aromatic ring is 1. The molecule has 0 spiro atoms. The normalized spacial score (nSPS) is 14.9. The highest BCUT2D eigenvalue weighted by molar-refractivity contribution is 5.47. The summed E-state index contributed by atoms with van der Waals surface area (Å²) in [6.07, 6.45) is 3.99. The summed E-state index contributed by atoms with van der Waals surface area (Å²) in [7, 11) is 0. The van der Waals surface area contributed by atoms with Crippen LogP contribution in [0.2, 0.25) is 0 Å². The fourth-order valence-corrected chi connectivity index (χ4v) is 2.48. The van der Waals surface area contributed by atoms with Crippen molar-refractivity contribution in [1.29, 1.82) is 0 Å². The third-order valence-electron chi connectivity index (χ3n) is 3.53. The minimum absolute atomic E-state index is 0.702. The van der Waals surface area contributed by atoms with Crippen molar-refractivity contribution in [1.82, 2.24) is 4.90 Å². The molecule has 1 saturated carbocycles. The maximum atomic E-state index is 5.91. The largest absolute Gasteiger partial charge is 0.494 e. The quantitative estimate of drug-likeness (QED) is 0.731. The zero-order chi connectivity index (χ0) is 13.7. The van der Waals surface area contributed by atoms with Gasteiger partial charge in [-0.15, -0.1) is 0 Å². The van der Waals surface area contributed by atoms with Crippen LogP contribution >= 0.6 is 0 Å². The van der Waals surface area contributed by atoms with Gasteiger partial charge in [-0.25, -0.2) is 0 Å². The molecule has 0 atom stereocenters. The van der Waals surface area contributed by atoms with E-state index < -0.39 is 0 Å². The Balaban J connectivity index is 2.06. The van der Waals surface area contributed by atoms with Crippen LogP contribution in [0.3, 0.4) is 0 Å². The number of ether oxygens (including phenoxy) is 1. The van der Waals surface area contributed by atoms with Gasteiger partial charge in [-0.2, -0.15) is 0 Å². The fraction of sp³-hybridized carbons (Fsp3) is 0.625. The Hall–Kier alpha value is -1.22. The van der Waals surface area contributed by atoms with E-state index in [4.69, 9.17) is 10.5 Å².